The average molecular weight is 328 g/mol. The van der Waals surface area contributed by atoms with Gasteiger partial charge >= 0.3 is 0 Å². The lowest BCUT2D eigenvalue weighted by Gasteiger charge is -2.14. The number of aliphatic hydroxyl groups is 1. The average Bonchev–Trinajstić information content (AvgIpc) is 2.49. The maximum absolute atomic E-state index is 10.6. The number of benzene rings is 2. The molecule has 2 nitrogen and oxygen atoms in total. The molecule has 1 aromatic heterocycles. The van der Waals surface area contributed by atoms with Crippen molar-refractivity contribution in [3.05, 3.63) is 75.9 Å². The van der Waals surface area contributed by atoms with Gasteiger partial charge in [0.05, 0.1) is 5.52 Å². The summed E-state index contributed by atoms with van der Waals surface area (Å²) in [4.78, 5) is 4.40. The zero-order valence-electron chi connectivity index (χ0n) is 11.0. The van der Waals surface area contributed by atoms with E-state index in [1.165, 1.54) is 0 Å². The summed E-state index contributed by atoms with van der Waals surface area (Å²) in [5, 5.41) is 11.7. The first kappa shape index (κ1) is 13.3. The van der Waals surface area contributed by atoms with Crippen molar-refractivity contribution in [3.63, 3.8) is 0 Å². The van der Waals surface area contributed by atoms with Crippen molar-refractivity contribution < 1.29 is 5.11 Å². The predicted molar refractivity (Wildman–Crippen MR) is 84.7 cm³/mol. The highest BCUT2D eigenvalue weighted by atomic mass is 79.9. The van der Waals surface area contributed by atoms with Crippen LogP contribution in [0.5, 0.6) is 0 Å². The summed E-state index contributed by atoms with van der Waals surface area (Å²) in [6, 6.07) is 15.7. The minimum absolute atomic E-state index is 0.666. The lowest BCUT2D eigenvalue weighted by molar-refractivity contribution is 0.221. The number of rotatable bonds is 2. The van der Waals surface area contributed by atoms with E-state index >= 15 is 0 Å². The Morgan fingerprint density at radius 1 is 1.10 bits per heavy atom. The van der Waals surface area contributed by atoms with Gasteiger partial charge in [0, 0.05) is 21.6 Å². The smallest absolute Gasteiger partial charge is 0.106 e. The van der Waals surface area contributed by atoms with Gasteiger partial charge < -0.3 is 5.11 Å². The zero-order chi connectivity index (χ0) is 14.1. The minimum atomic E-state index is -0.666. The Balaban J connectivity index is 2.12. The maximum atomic E-state index is 10.6. The van der Waals surface area contributed by atoms with Crippen molar-refractivity contribution in [2.24, 2.45) is 0 Å². The van der Waals surface area contributed by atoms with Gasteiger partial charge in [-0.15, -0.1) is 0 Å². The molecule has 3 heteroatoms. The number of aromatic nitrogens is 1. The van der Waals surface area contributed by atoms with Gasteiger partial charge in [-0.2, -0.15) is 0 Å². The summed E-state index contributed by atoms with van der Waals surface area (Å²) < 4.78 is 1.05. The van der Waals surface area contributed by atoms with E-state index in [1.54, 1.807) is 6.20 Å². The monoisotopic (exact) mass is 327 g/mol. The number of hydrogen-bond donors (Lipinski definition) is 1. The molecule has 1 N–H and O–H groups in total. The SMILES string of the molecule is Cc1cc(C(O)c2cccc3cccnc23)ccc1Br. The summed E-state index contributed by atoms with van der Waals surface area (Å²) in [5.41, 5.74) is 3.67. The number of aliphatic hydroxyl groups excluding tert-OH is 1. The van der Waals surface area contributed by atoms with Crippen LogP contribution in [-0.4, -0.2) is 10.1 Å². The summed E-state index contributed by atoms with van der Waals surface area (Å²) in [6.07, 6.45) is 1.09. The third kappa shape index (κ3) is 2.35. The fourth-order valence-corrected chi connectivity index (χ4v) is 2.61. The third-order valence-corrected chi connectivity index (χ3v) is 4.35. The molecule has 0 fully saturated rings. The van der Waals surface area contributed by atoms with Gasteiger partial charge in [0.25, 0.3) is 0 Å². The highest BCUT2D eigenvalue weighted by molar-refractivity contribution is 9.10. The van der Waals surface area contributed by atoms with E-state index in [4.69, 9.17) is 0 Å². The minimum Gasteiger partial charge on any atom is -0.384 e. The Hall–Kier alpha value is -1.71. The van der Waals surface area contributed by atoms with Crippen LogP contribution in [0.4, 0.5) is 0 Å². The van der Waals surface area contributed by atoms with E-state index in [0.717, 1.165) is 32.1 Å². The van der Waals surface area contributed by atoms with E-state index in [0.29, 0.717) is 0 Å². The highest BCUT2D eigenvalue weighted by Gasteiger charge is 2.14. The van der Waals surface area contributed by atoms with Crippen molar-refractivity contribution in [2.45, 2.75) is 13.0 Å². The van der Waals surface area contributed by atoms with E-state index in [9.17, 15) is 5.11 Å². The molecule has 20 heavy (non-hydrogen) atoms. The van der Waals surface area contributed by atoms with Crippen LogP contribution in [-0.2, 0) is 0 Å². The molecule has 1 atom stereocenters. The van der Waals surface area contributed by atoms with Crippen LogP contribution in [0.25, 0.3) is 10.9 Å². The van der Waals surface area contributed by atoms with Crippen LogP contribution in [0.2, 0.25) is 0 Å². The molecular weight excluding hydrogens is 314 g/mol. The second-order valence-electron chi connectivity index (χ2n) is 4.83. The first-order valence-corrected chi connectivity index (χ1v) is 7.24. The first-order valence-electron chi connectivity index (χ1n) is 6.44. The quantitative estimate of drug-likeness (QED) is 0.757. The van der Waals surface area contributed by atoms with E-state index in [2.05, 4.69) is 20.9 Å². The Kier molecular flexibility index (Phi) is 3.55. The summed E-state index contributed by atoms with van der Waals surface area (Å²) in [5.74, 6) is 0. The first-order chi connectivity index (χ1) is 9.66. The van der Waals surface area contributed by atoms with E-state index in [-0.39, 0.29) is 0 Å². The van der Waals surface area contributed by atoms with Crippen molar-refractivity contribution in [2.75, 3.05) is 0 Å². The third-order valence-electron chi connectivity index (χ3n) is 3.46. The fraction of sp³-hybridized carbons (Fsp3) is 0.118. The topological polar surface area (TPSA) is 33.1 Å². The second kappa shape index (κ2) is 5.35. The van der Waals surface area contributed by atoms with Gasteiger partial charge in [0.15, 0.2) is 0 Å². The molecule has 100 valence electrons. The summed E-state index contributed by atoms with van der Waals surface area (Å²) in [6.45, 7) is 2.02. The molecule has 0 aliphatic carbocycles. The molecule has 0 spiro atoms. The Bertz CT molecular complexity index is 765. The summed E-state index contributed by atoms with van der Waals surface area (Å²) >= 11 is 3.48. The van der Waals surface area contributed by atoms with Crippen molar-refractivity contribution in [1.29, 1.82) is 0 Å². The fourth-order valence-electron chi connectivity index (χ4n) is 2.37. The normalized spacial score (nSPS) is 12.6. The summed E-state index contributed by atoms with van der Waals surface area (Å²) in [7, 11) is 0. The van der Waals surface area contributed by atoms with Gasteiger partial charge in [-0.3, -0.25) is 4.98 Å². The van der Waals surface area contributed by atoms with Crippen molar-refractivity contribution in [1.82, 2.24) is 4.98 Å². The Labute approximate surface area is 126 Å². The number of fused-ring (bicyclic) bond motifs is 1. The molecule has 2 aromatic carbocycles. The molecule has 0 saturated heterocycles. The second-order valence-corrected chi connectivity index (χ2v) is 5.69. The Morgan fingerprint density at radius 2 is 1.90 bits per heavy atom. The molecule has 3 rings (SSSR count). The molecular formula is C17H14BrNO. The van der Waals surface area contributed by atoms with Crippen LogP contribution in [0.15, 0.2) is 59.2 Å². The van der Waals surface area contributed by atoms with Crippen LogP contribution in [0.3, 0.4) is 0 Å². The molecule has 0 amide bonds. The standard InChI is InChI=1S/C17H14BrNO/c1-11-10-13(7-8-15(11)18)17(20)14-6-2-4-12-5-3-9-19-16(12)14/h2-10,17,20H,1H3. The molecule has 0 aliphatic heterocycles. The molecule has 0 bridgehead atoms. The van der Waals surface area contributed by atoms with Gasteiger partial charge in [-0.05, 0) is 30.2 Å². The largest absolute Gasteiger partial charge is 0.384 e. The molecule has 1 heterocycles. The molecule has 1 unspecified atom stereocenters. The molecule has 0 aliphatic rings. The number of para-hydroxylation sites is 1. The van der Waals surface area contributed by atoms with Gasteiger partial charge in [0.2, 0.25) is 0 Å². The number of halogens is 1. The van der Waals surface area contributed by atoms with Crippen LogP contribution in [0, 0.1) is 6.92 Å². The molecule has 3 aromatic rings. The van der Waals surface area contributed by atoms with Gasteiger partial charge in [-0.1, -0.05) is 52.3 Å². The zero-order valence-corrected chi connectivity index (χ0v) is 12.6. The highest BCUT2D eigenvalue weighted by Crippen LogP contribution is 2.29. The number of hydrogen-bond acceptors (Lipinski definition) is 2. The molecule has 0 radical (unpaired) electrons. The lowest BCUT2D eigenvalue weighted by atomic mass is 9.98. The van der Waals surface area contributed by atoms with Gasteiger partial charge in [0.1, 0.15) is 6.10 Å². The van der Waals surface area contributed by atoms with Crippen LogP contribution >= 0.6 is 15.9 Å². The number of pyridine rings is 1. The van der Waals surface area contributed by atoms with Crippen LogP contribution in [0.1, 0.15) is 22.8 Å². The van der Waals surface area contributed by atoms with Crippen LogP contribution < -0.4 is 0 Å². The Morgan fingerprint density at radius 3 is 2.70 bits per heavy atom. The van der Waals surface area contributed by atoms with Gasteiger partial charge in [-0.25, -0.2) is 0 Å². The molecule has 0 saturated carbocycles. The predicted octanol–water partition coefficient (Wildman–Crippen LogP) is 4.39. The van der Waals surface area contributed by atoms with Crippen molar-refractivity contribution >= 4 is 26.8 Å². The number of aryl methyl sites for hydroxylation is 1. The van der Waals surface area contributed by atoms with Crippen molar-refractivity contribution in [3.8, 4) is 0 Å². The maximum Gasteiger partial charge on any atom is 0.106 e. The lowest BCUT2D eigenvalue weighted by Crippen LogP contribution is -2.02. The van der Waals surface area contributed by atoms with E-state index < -0.39 is 6.10 Å². The number of nitrogens with zero attached hydrogens (tertiary/aromatic N) is 1. The van der Waals surface area contributed by atoms with E-state index in [1.807, 2.05) is 55.5 Å².